The lowest BCUT2D eigenvalue weighted by molar-refractivity contribution is -0.124. The van der Waals surface area contributed by atoms with Crippen molar-refractivity contribution in [2.75, 3.05) is 19.6 Å². The van der Waals surface area contributed by atoms with Gasteiger partial charge in [-0.25, -0.2) is 0 Å². The van der Waals surface area contributed by atoms with Gasteiger partial charge in [-0.2, -0.15) is 0 Å². The molecule has 2 aliphatic rings. The maximum Gasteiger partial charge on any atom is 0.234 e. The number of nitrogens with one attached hydrogen (secondary N) is 1. The molecule has 33 heavy (non-hydrogen) atoms. The molecule has 2 fully saturated rings. The second-order valence-corrected chi connectivity index (χ2v) is 9.24. The average molecular weight is 443 g/mol. The fourth-order valence-electron chi connectivity index (χ4n) is 4.71. The first kappa shape index (κ1) is 21.7. The van der Waals surface area contributed by atoms with Crippen molar-refractivity contribution in [2.45, 2.75) is 36.8 Å². The summed E-state index contributed by atoms with van der Waals surface area (Å²) in [5, 5.41) is 14.5. The predicted octanol–water partition coefficient (Wildman–Crippen LogP) is 4.57. The number of para-hydroxylation sites is 1. The summed E-state index contributed by atoms with van der Waals surface area (Å²) in [6, 6.07) is 27.6. The van der Waals surface area contributed by atoms with Crippen LogP contribution in [0.15, 0.2) is 84.9 Å². The van der Waals surface area contributed by atoms with Crippen LogP contribution in [-0.2, 0) is 15.9 Å². The number of amides is 1. The summed E-state index contributed by atoms with van der Waals surface area (Å²) >= 11 is 0. The molecular weight excluding hydrogens is 412 g/mol. The van der Waals surface area contributed by atoms with Gasteiger partial charge in [0, 0.05) is 13.1 Å². The van der Waals surface area contributed by atoms with Crippen molar-refractivity contribution >= 4 is 5.91 Å². The summed E-state index contributed by atoms with van der Waals surface area (Å²) in [4.78, 5) is 14.9. The number of hydrogen-bond donors (Lipinski definition) is 2. The van der Waals surface area contributed by atoms with Gasteiger partial charge >= 0.3 is 0 Å². The van der Waals surface area contributed by atoms with Crippen LogP contribution in [0, 0.1) is 0 Å². The number of piperidine rings is 1. The second kappa shape index (κ2) is 9.00. The normalized spacial score (nSPS) is 18.9. The van der Waals surface area contributed by atoms with Gasteiger partial charge < -0.3 is 15.2 Å². The van der Waals surface area contributed by atoms with Crippen LogP contribution in [0.25, 0.3) is 0 Å². The van der Waals surface area contributed by atoms with E-state index >= 15 is 0 Å². The maximum absolute atomic E-state index is 12.7. The maximum atomic E-state index is 12.7. The zero-order valence-electron chi connectivity index (χ0n) is 18.7. The van der Waals surface area contributed by atoms with Crippen LogP contribution in [-0.4, -0.2) is 35.5 Å². The standard InChI is InChI=1S/C28H30N2O3/c31-26(29-27(15-16-27)22-7-3-1-4-8-22)21-30-19-17-28(32,18-20-30)23-11-13-25(14-12-23)33-24-9-5-2-6-10-24/h1-14,32H,15-21H2,(H,29,31). The van der Waals surface area contributed by atoms with Crippen molar-refractivity contribution in [3.8, 4) is 11.5 Å². The summed E-state index contributed by atoms with van der Waals surface area (Å²) in [6.45, 7) is 1.74. The SMILES string of the molecule is O=C(CN1CCC(O)(c2ccc(Oc3ccccc3)cc2)CC1)NC1(c2ccccc2)CC1. The Hall–Kier alpha value is -3.15. The number of nitrogens with zero attached hydrogens (tertiary/aromatic N) is 1. The van der Waals surface area contributed by atoms with Crippen molar-refractivity contribution in [2.24, 2.45) is 0 Å². The third-order valence-corrected chi connectivity index (χ3v) is 6.88. The van der Waals surface area contributed by atoms with E-state index in [-0.39, 0.29) is 11.4 Å². The van der Waals surface area contributed by atoms with Crippen molar-refractivity contribution in [1.29, 1.82) is 0 Å². The molecule has 1 aliphatic carbocycles. The molecule has 0 atom stereocenters. The van der Waals surface area contributed by atoms with Gasteiger partial charge in [0.15, 0.2) is 0 Å². The first-order chi connectivity index (χ1) is 16.0. The Morgan fingerprint density at radius 1 is 0.788 bits per heavy atom. The van der Waals surface area contributed by atoms with Gasteiger partial charge in [0.05, 0.1) is 17.7 Å². The van der Waals surface area contributed by atoms with Crippen LogP contribution in [0.4, 0.5) is 0 Å². The molecule has 1 saturated heterocycles. The molecule has 1 amide bonds. The largest absolute Gasteiger partial charge is 0.457 e. The minimum atomic E-state index is -0.875. The third kappa shape index (κ3) is 4.95. The van der Waals surface area contributed by atoms with Crippen molar-refractivity contribution in [1.82, 2.24) is 10.2 Å². The Morgan fingerprint density at radius 3 is 1.97 bits per heavy atom. The molecule has 5 rings (SSSR count). The highest BCUT2D eigenvalue weighted by Gasteiger charge is 2.45. The number of aliphatic hydroxyl groups is 1. The molecule has 1 aliphatic heterocycles. The monoisotopic (exact) mass is 442 g/mol. The second-order valence-electron chi connectivity index (χ2n) is 9.24. The van der Waals surface area contributed by atoms with E-state index in [1.807, 2.05) is 72.8 Å². The lowest BCUT2D eigenvalue weighted by Gasteiger charge is -2.38. The first-order valence-corrected chi connectivity index (χ1v) is 11.7. The number of benzene rings is 3. The molecule has 0 radical (unpaired) electrons. The Labute approximate surface area is 195 Å². The Kier molecular flexibility index (Phi) is 5.92. The van der Waals surface area contributed by atoms with Crippen LogP contribution in [0.3, 0.4) is 0 Å². The molecule has 0 aromatic heterocycles. The number of carbonyl (C=O) groups excluding carboxylic acids is 1. The van der Waals surface area contributed by atoms with Crippen molar-refractivity contribution < 1.29 is 14.6 Å². The zero-order valence-corrected chi connectivity index (χ0v) is 18.7. The Balaban J connectivity index is 1.14. The molecule has 5 heteroatoms. The first-order valence-electron chi connectivity index (χ1n) is 11.7. The minimum Gasteiger partial charge on any atom is -0.457 e. The Morgan fingerprint density at radius 2 is 1.36 bits per heavy atom. The summed E-state index contributed by atoms with van der Waals surface area (Å²) in [7, 11) is 0. The van der Waals surface area contributed by atoms with E-state index < -0.39 is 5.60 Å². The van der Waals surface area contributed by atoms with Crippen molar-refractivity contribution in [3.05, 3.63) is 96.1 Å². The summed E-state index contributed by atoms with van der Waals surface area (Å²) in [5.74, 6) is 1.59. The van der Waals surface area contributed by atoms with Gasteiger partial charge in [-0.05, 0) is 61.1 Å². The number of carbonyl (C=O) groups is 1. The molecule has 5 nitrogen and oxygen atoms in total. The molecule has 2 N–H and O–H groups in total. The zero-order chi connectivity index (χ0) is 22.7. The molecule has 1 heterocycles. The quantitative estimate of drug-likeness (QED) is 0.563. The van der Waals surface area contributed by atoms with E-state index in [1.165, 1.54) is 5.56 Å². The van der Waals surface area contributed by atoms with Gasteiger partial charge in [0.25, 0.3) is 0 Å². The van der Waals surface area contributed by atoms with Gasteiger partial charge in [-0.1, -0.05) is 60.7 Å². The highest BCUT2D eigenvalue weighted by Crippen LogP contribution is 2.45. The molecule has 3 aromatic rings. The van der Waals surface area contributed by atoms with E-state index in [0.29, 0.717) is 32.5 Å². The molecule has 0 spiro atoms. The molecule has 170 valence electrons. The highest BCUT2D eigenvalue weighted by molar-refractivity contribution is 5.79. The molecule has 0 unspecified atom stereocenters. The third-order valence-electron chi connectivity index (χ3n) is 6.88. The fraction of sp³-hybridized carbons (Fsp3) is 0.321. The Bertz CT molecular complexity index is 1070. The van der Waals surface area contributed by atoms with E-state index in [1.54, 1.807) is 0 Å². The van der Waals surface area contributed by atoms with Gasteiger partial charge in [0.1, 0.15) is 11.5 Å². The molecular formula is C28H30N2O3. The van der Waals surface area contributed by atoms with Gasteiger partial charge in [-0.15, -0.1) is 0 Å². The summed E-state index contributed by atoms with van der Waals surface area (Å²) < 4.78 is 5.86. The number of hydrogen-bond acceptors (Lipinski definition) is 4. The summed E-state index contributed by atoms with van der Waals surface area (Å²) in [5.41, 5.74) is 1.03. The minimum absolute atomic E-state index is 0.0595. The van der Waals surface area contributed by atoms with E-state index in [9.17, 15) is 9.90 Å². The fourth-order valence-corrected chi connectivity index (χ4v) is 4.71. The van der Waals surface area contributed by atoms with Crippen molar-refractivity contribution in [3.63, 3.8) is 0 Å². The predicted molar refractivity (Wildman–Crippen MR) is 128 cm³/mol. The lowest BCUT2D eigenvalue weighted by Crippen LogP contribution is -2.48. The van der Waals surface area contributed by atoms with Crippen LogP contribution in [0.5, 0.6) is 11.5 Å². The van der Waals surface area contributed by atoms with Crippen LogP contribution >= 0.6 is 0 Å². The molecule has 3 aromatic carbocycles. The van der Waals surface area contributed by atoms with Crippen LogP contribution in [0.2, 0.25) is 0 Å². The topological polar surface area (TPSA) is 61.8 Å². The van der Waals surface area contributed by atoms with Gasteiger partial charge in [0.2, 0.25) is 5.91 Å². The summed E-state index contributed by atoms with van der Waals surface area (Å²) in [6.07, 6.45) is 3.19. The average Bonchev–Trinajstić information content (AvgIpc) is 3.63. The smallest absolute Gasteiger partial charge is 0.234 e. The van der Waals surface area contributed by atoms with Crippen LogP contribution in [0.1, 0.15) is 36.8 Å². The molecule has 1 saturated carbocycles. The lowest BCUT2D eigenvalue weighted by atomic mass is 9.84. The number of rotatable bonds is 7. The van der Waals surface area contributed by atoms with E-state index in [2.05, 4.69) is 22.3 Å². The van der Waals surface area contributed by atoms with Gasteiger partial charge in [-0.3, -0.25) is 9.69 Å². The highest BCUT2D eigenvalue weighted by atomic mass is 16.5. The number of ether oxygens (including phenoxy) is 1. The number of likely N-dealkylation sites (tertiary alicyclic amines) is 1. The van der Waals surface area contributed by atoms with E-state index in [0.717, 1.165) is 29.9 Å². The van der Waals surface area contributed by atoms with E-state index in [4.69, 9.17) is 4.74 Å². The molecule has 0 bridgehead atoms. The van der Waals surface area contributed by atoms with Crippen LogP contribution < -0.4 is 10.1 Å².